The van der Waals surface area contributed by atoms with Crippen molar-refractivity contribution in [3.8, 4) is 17.1 Å². The molecule has 0 radical (unpaired) electrons. The Balaban J connectivity index is 1.36. The third-order valence-electron chi connectivity index (χ3n) is 4.96. The molecule has 0 spiro atoms. The smallest absolute Gasteiger partial charge is 0.262 e. The average Bonchev–Trinajstić information content (AvgIpc) is 3.51. The fourth-order valence-electron chi connectivity index (χ4n) is 3.33. The number of ketones is 1. The maximum atomic E-state index is 14.3. The van der Waals surface area contributed by atoms with Crippen molar-refractivity contribution in [3.05, 3.63) is 53.8 Å². The Morgan fingerprint density at radius 1 is 1.23 bits per heavy atom. The van der Waals surface area contributed by atoms with E-state index in [1.54, 1.807) is 36.4 Å². The number of amides is 1. The zero-order chi connectivity index (χ0) is 20.7. The number of nitrogens with zero attached hydrogens (tertiary/aromatic N) is 3. The molecule has 1 aromatic heterocycles. The van der Waals surface area contributed by atoms with E-state index in [0.717, 1.165) is 12.8 Å². The lowest BCUT2D eigenvalue weighted by Crippen LogP contribution is -2.25. The molecule has 1 aliphatic carbocycles. The van der Waals surface area contributed by atoms with Crippen LogP contribution in [0.3, 0.4) is 0 Å². The molecule has 2 heterocycles. The monoisotopic (exact) mass is 424 g/mol. The van der Waals surface area contributed by atoms with Crippen LogP contribution in [0.2, 0.25) is 0 Å². The molecule has 0 unspecified atom stereocenters. The molecular formula is C21H17FN4O3S. The molecule has 1 N–H and O–H groups in total. The van der Waals surface area contributed by atoms with Crippen molar-refractivity contribution in [2.75, 3.05) is 17.7 Å². The van der Waals surface area contributed by atoms with Crippen molar-refractivity contribution in [2.45, 2.75) is 24.0 Å². The molecule has 2 aliphatic rings. The van der Waals surface area contributed by atoms with E-state index in [1.807, 2.05) is 4.57 Å². The summed E-state index contributed by atoms with van der Waals surface area (Å²) < 4.78 is 21.5. The maximum Gasteiger partial charge on any atom is 0.262 e. The summed E-state index contributed by atoms with van der Waals surface area (Å²) in [5, 5.41) is 11.7. The summed E-state index contributed by atoms with van der Waals surface area (Å²) in [5.74, 6) is 0.467. The number of hydrogen-bond donors (Lipinski definition) is 1. The normalized spacial score (nSPS) is 15.3. The van der Waals surface area contributed by atoms with Gasteiger partial charge in [-0.15, -0.1) is 10.2 Å². The van der Waals surface area contributed by atoms with E-state index >= 15 is 0 Å². The number of thioether (sulfide) groups is 1. The minimum absolute atomic E-state index is 0.0304. The fourth-order valence-corrected chi connectivity index (χ4v) is 4.23. The highest BCUT2D eigenvalue weighted by Crippen LogP contribution is 2.41. The van der Waals surface area contributed by atoms with Gasteiger partial charge in [0, 0.05) is 11.6 Å². The molecule has 1 aliphatic heterocycles. The second-order valence-electron chi connectivity index (χ2n) is 7.15. The molecule has 30 heavy (non-hydrogen) atoms. The van der Waals surface area contributed by atoms with Gasteiger partial charge in [-0.3, -0.25) is 14.2 Å². The van der Waals surface area contributed by atoms with Crippen molar-refractivity contribution < 1.29 is 18.7 Å². The molecule has 3 aromatic rings. The van der Waals surface area contributed by atoms with Crippen molar-refractivity contribution in [3.63, 3.8) is 0 Å². The molecule has 9 heteroatoms. The third-order valence-corrected chi connectivity index (χ3v) is 5.90. The number of rotatable bonds is 6. The number of carbonyl (C=O) groups is 2. The van der Waals surface area contributed by atoms with E-state index in [9.17, 15) is 14.0 Å². The van der Waals surface area contributed by atoms with Gasteiger partial charge >= 0.3 is 0 Å². The van der Waals surface area contributed by atoms with Crippen LogP contribution in [-0.4, -0.2) is 38.8 Å². The number of aromatic nitrogens is 3. The Morgan fingerprint density at radius 3 is 2.87 bits per heavy atom. The largest absolute Gasteiger partial charge is 0.482 e. The van der Waals surface area contributed by atoms with Gasteiger partial charge in [0.05, 0.1) is 17.0 Å². The summed E-state index contributed by atoms with van der Waals surface area (Å²) in [6.07, 6.45) is 1.96. The molecule has 0 bridgehead atoms. The third kappa shape index (κ3) is 3.56. The van der Waals surface area contributed by atoms with Crippen LogP contribution in [0.15, 0.2) is 47.6 Å². The molecule has 7 nitrogen and oxygen atoms in total. The summed E-state index contributed by atoms with van der Waals surface area (Å²) >= 11 is 1.28. The van der Waals surface area contributed by atoms with Gasteiger partial charge < -0.3 is 10.1 Å². The van der Waals surface area contributed by atoms with E-state index in [-0.39, 0.29) is 35.9 Å². The van der Waals surface area contributed by atoms with Crippen LogP contribution < -0.4 is 10.1 Å². The number of anilines is 1. The standard InChI is InChI=1S/C21H17FN4O3S/c22-15-4-2-1-3-14(15)20-24-25-21(26(20)13-6-7-13)30-11-17(27)12-5-8-18-16(9-12)23-19(28)10-29-18/h1-5,8-9,13H,6-7,10-11H2,(H,23,28). The quantitative estimate of drug-likeness (QED) is 0.479. The van der Waals surface area contributed by atoms with E-state index < -0.39 is 0 Å². The van der Waals surface area contributed by atoms with Gasteiger partial charge in [-0.1, -0.05) is 23.9 Å². The fraction of sp³-hybridized carbons (Fsp3) is 0.238. The van der Waals surface area contributed by atoms with Crippen LogP contribution in [0.25, 0.3) is 11.4 Å². The van der Waals surface area contributed by atoms with E-state index in [2.05, 4.69) is 15.5 Å². The van der Waals surface area contributed by atoms with E-state index in [0.29, 0.717) is 33.5 Å². The second-order valence-corrected chi connectivity index (χ2v) is 8.09. The molecule has 2 aromatic carbocycles. The highest BCUT2D eigenvalue weighted by molar-refractivity contribution is 7.99. The topological polar surface area (TPSA) is 86.1 Å². The molecule has 1 saturated carbocycles. The van der Waals surface area contributed by atoms with Gasteiger partial charge in [0.2, 0.25) is 0 Å². The summed E-state index contributed by atoms with van der Waals surface area (Å²) in [6.45, 7) is -0.0304. The minimum Gasteiger partial charge on any atom is -0.482 e. The Kier molecular flexibility index (Phi) is 4.74. The Morgan fingerprint density at radius 2 is 2.07 bits per heavy atom. The van der Waals surface area contributed by atoms with Crippen molar-refractivity contribution in [1.82, 2.24) is 14.8 Å². The SMILES string of the molecule is O=C1COc2ccc(C(=O)CSc3nnc(-c4ccccc4F)n3C3CC3)cc2N1. The molecule has 1 amide bonds. The Bertz CT molecular complexity index is 1160. The number of hydrogen-bond acceptors (Lipinski definition) is 6. The lowest BCUT2D eigenvalue weighted by Gasteiger charge is -2.18. The van der Waals surface area contributed by atoms with Gasteiger partial charge in [-0.25, -0.2) is 4.39 Å². The Hall–Kier alpha value is -3.20. The van der Waals surface area contributed by atoms with Gasteiger partial charge in [0.15, 0.2) is 23.4 Å². The predicted octanol–water partition coefficient (Wildman–Crippen LogP) is 3.73. The van der Waals surface area contributed by atoms with Crippen molar-refractivity contribution >= 4 is 29.1 Å². The van der Waals surface area contributed by atoms with Gasteiger partial charge in [-0.05, 0) is 43.2 Å². The zero-order valence-corrected chi connectivity index (χ0v) is 16.6. The van der Waals surface area contributed by atoms with Crippen LogP contribution in [0, 0.1) is 5.82 Å². The highest BCUT2D eigenvalue weighted by Gasteiger charge is 2.31. The molecule has 0 saturated heterocycles. The predicted molar refractivity (Wildman–Crippen MR) is 109 cm³/mol. The number of fused-ring (bicyclic) bond motifs is 1. The lowest BCUT2D eigenvalue weighted by atomic mass is 10.1. The second kappa shape index (κ2) is 7.56. The molecule has 0 atom stereocenters. The van der Waals surface area contributed by atoms with Crippen LogP contribution in [0.5, 0.6) is 5.75 Å². The first-order chi connectivity index (χ1) is 14.6. The first-order valence-electron chi connectivity index (χ1n) is 9.52. The summed E-state index contributed by atoms with van der Waals surface area (Å²) in [7, 11) is 0. The molecule has 1 fully saturated rings. The maximum absolute atomic E-state index is 14.3. The lowest BCUT2D eigenvalue weighted by molar-refractivity contribution is -0.118. The van der Waals surface area contributed by atoms with Crippen LogP contribution >= 0.6 is 11.8 Å². The molecule has 5 rings (SSSR count). The van der Waals surface area contributed by atoms with Gasteiger partial charge in [0.25, 0.3) is 5.91 Å². The summed E-state index contributed by atoms with van der Waals surface area (Å²) in [5.41, 5.74) is 1.37. The van der Waals surface area contributed by atoms with Crippen LogP contribution in [0.1, 0.15) is 29.2 Å². The summed E-state index contributed by atoms with van der Waals surface area (Å²) in [6, 6.07) is 11.7. The molecule has 152 valence electrons. The van der Waals surface area contributed by atoms with Crippen LogP contribution in [-0.2, 0) is 4.79 Å². The molecular weight excluding hydrogens is 407 g/mol. The number of halogens is 1. The zero-order valence-electron chi connectivity index (χ0n) is 15.8. The van der Waals surface area contributed by atoms with Crippen molar-refractivity contribution in [1.29, 1.82) is 0 Å². The van der Waals surface area contributed by atoms with Crippen LogP contribution in [0.4, 0.5) is 10.1 Å². The van der Waals surface area contributed by atoms with Gasteiger partial charge in [-0.2, -0.15) is 0 Å². The Labute approximate surface area is 175 Å². The van der Waals surface area contributed by atoms with Crippen molar-refractivity contribution in [2.24, 2.45) is 0 Å². The number of nitrogens with one attached hydrogen (secondary N) is 1. The van der Waals surface area contributed by atoms with E-state index in [1.165, 1.54) is 17.8 Å². The number of Topliss-reactive ketones (excluding diaryl/α,β-unsaturated/α-hetero) is 1. The average molecular weight is 424 g/mol. The number of ether oxygens (including phenoxy) is 1. The number of benzene rings is 2. The van der Waals surface area contributed by atoms with E-state index in [4.69, 9.17) is 4.74 Å². The van der Waals surface area contributed by atoms with Gasteiger partial charge in [0.1, 0.15) is 11.6 Å². The minimum atomic E-state index is -0.349. The highest BCUT2D eigenvalue weighted by atomic mass is 32.2. The first kappa shape index (κ1) is 18.8. The summed E-state index contributed by atoms with van der Waals surface area (Å²) in [4.78, 5) is 24.2. The number of carbonyl (C=O) groups excluding carboxylic acids is 2. The first-order valence-corrected chi connectivity index (χ1v) is 10.5.